The zero-order valence-corrected chi connectivity index (χ0v) is 17.3. The van der Waals surface area contributed by atoms with Crippen molar-refractivity contribution in [1.29, 1.82) is 0 Å². The summed E-state index contributed by atoms with van der Waals surface area (Å²) in [7, 11) is 0. The first-order valence-corrected chi connectivity index (χ1v) is 9.36. The second-order valence-electron chi connectivity index (χ2n) is 8.30. The van der Waals surface area contributed by atoms with Crippen molar-refractivity contribution in [1.82, 2.24) is 15.6 Å². The molecule has 7 heteroatoms. The van der Waals surface area contributed by atoms with Crippen molar-refractivity contribution in [3.63, 3.8) is 0 Å². The Hall–Kier alpha value is -2.83. The summed E-state index contributed by atoms with van der Waals surface area (Å²) in [6, 6.07) is 6.75. The molecule has 152 valence electrons. The number of benzene rings is 1. The number of rotatable bonds is 5. The summed E-state index contributed by atoms with van der Waals surface area (Å²) >= 11 is 0. The van der Waals surface area contributed by atoms with E-state index in [0.29, 0.717) is 5.56 Å². The molecular weight excluding hydrogens is 358 g/mol. The number of aryl methyl sites for hydroxylation is 1. The topological polar surface area (TPSA) is 100 Å². The maximum atomic E-state index is 12.6. The van der Waals surface area contributed by atoms with Crippen LogP contribution in [0.4, 0.5) is 4.79 Å². The zero-order chi connectivity index (χ0) is 21.1. The number of hydrogen-bond donors (Lipinski definition) is 3. The highest BCUT2D eigenvalue weighted by Crippen LogP contribution is 2.13. The minimum Gasteiger partial charge on any atom is -0.444 e. The standard InChI is InChI=1S/C21H29N3O4/c1-12(2)17(24-20(27)28-21(4,5)6)19(26)22-11-15-10-14-9-13(3)7-8-16(14)23-18(15)25/h7-10,12,17H,11H2,1-6H3,(H,22,26)(H,23,25)(H,24,27). The quantitative estimate of drug-likeness (QED) is 0.734. The Morgan fingerprint density at radius 1 is 1.18 bits per heavy atom. The Balaban J connectivity index is 2.10. The molecule has 1 aromatic heterocycles. The largest absolute Gasteiger partial charge is 0.444 e. The van der Waals surface area contributed by atoms with E-state index in [1.165, 1.54) is 0 Å². The number of aromatic nitrogens is 1. The van der Waals surface area contributed by atoms with Crippen molar-refractivity contribution < 1.29 is 14.3 Å². The van der Waals surface area contributed by atoms with Gasteiger partial charge in [-0.15, -0.1) is 0 Å². The molecule has 3 N–H and O–H groups in total. The second-order valence-corrected chi connectivity index (χ2v) is 8.30. The maximum absolute atomic E-state index is 12.6. The summed E-state index contributed by atoms with van der Waals surface area (Å²) < 4.78 is 5.22. The van der Waals surface area contributed by atoms with Crippen LogP contribution in [0, 0.1) is 12.8 Å². The second kappa shape index (κ2) is 8.46. The molecule has 0 saturated heterocycles. The first-order chi connectivity index (χ1) is 13.0. The van der Waals surface area contributed by atoms with E-state index in [1.807, 2.05) is 39.0 Å². The van der Waals surface area contributed by atoms with Gasteiger partial charge in [0.1, 0.15) is 11.6 Å². The van der Waals surface area contributed by atoms with E-state index < -0.39 is 17.7 Å². The average molecular weight is 387 g/mol. The Morgan fingerprint density at radius 2 is 1.86 bits per heavy atom. The summed E-state index contributed by atoms with van der Waals surface area (Å²) in [5, 5.41) is 6.24. The number of fused-ring (bicyclic) bond motifs is 1. The van der Waals surface area contributed by atoms with Gasteiger partial charge < -0.3 is 20.4 Å². The Kier molecular flexibility index (Phi) is 6.48. The van der Waals surface area contributed by atoms with Crippen molar-refractivity contribution >= 4 is 22.9 Å². The normalized spacial score (nSPS) is 12.7. The molecule has 0 aliphatic heterocycles. The van der Waals surface area contributed by atoms with Gasteiger partial charge in [-0.25, -0.2) is 4.79 Å². The molecule has 2 rings (SSSR count). The Bertz CT molecular complexity index is 925. The van der Waals surface area contributed by atoms with Gasteiger partial charge in [-0.05, 0) is 57.2 Å². The van der Waals surface area contributed by atoms with Crippen LogP contribution in [0.25, 0.3) is 10.9 Å². The first kappa shape index (κ1) is 21.5. The molecule has 0 spiro atoms. The lowest BCUT2D eigenvalue weighted by molar-refractivity contribution is -0.124. The van der Waals surface area contributed by atoms with Crippen LogP contribution in [0.3, 0.4) is 0 Å². The third-order valence-corrected chi connectivity index (χ3v) is 4.15. The van der Waals surface area contributed by atoms with Crippen LogP contribution in [0.5, 0.6) is 0 Å². The van der Waals surface area contributed by atoms with Gasteiger partial charge in [0.25, 0.3) is 5.56 Å². The van der Waals surface area contributed by atoms with Crippen molar-refractivity contribution in [3.8, 4) is 0 Å². The summed E-state index contributed by atoms with van der Waals surface area (Å²) in [4.78, 5) is 39.7. The lowest BCUT2D eigenvalue weighted by Crippen LogP contribution is -2.50. The molecule has 1 unspecified atom stereocenters. The molecule has 0 radical (unpaired) electrons. The molecule has 2 aromatic rings. The van der Waals surface area contributed by atoms with Crippen molar-refractivity contribution in [3.05, 3.63) is 45.7 Å². The van der Waals surface area contributed by atoms with E-state index in [2.05, 4.69) is 15.6 Å². The van der Waals surface area contributed by atoms with Gasteiger partial charge in [-0.1, -0.05) is 25.5 Å². The fourth-order valence-corrected chi connectivity index (χ4v) is 2.76. The molecule has 0 saturated carbocycles. The predicted molar refractivity (Wildman–Crippen MR) is 109 cm³/mol. The lowest BCUT2D eigenvalue weighted by Gasteiger charge is -2.25. The molecule has 28 heavy (non-hydrogen) atoms. The van der Waals surface area contributed by atoms with Gasteiger partial charge >= 0.3 is 6.09 Å². The first-order valence-electron chi connectivity index (χ1n) is 9.36. The number of H-pyrrole nitrogens is 1. The molecule has 0 aliphatic rings. The van der Waals surface area contributed by atoms with Crippen LogP contribution in [0.2, 0.25) is 0 Å². The SMILES string of the molecule is Cc1ccc2[nH]c(=O)c(CNC(=O)C(NC(=O)OC(C)(C)C)C(C)C)cc2c1. The molecule has 1 aromatic carbocycles. The molecule has 7 nitrogen and oxygen atoms in total. The van der Waals surface area contributed by atoms with E-state index >= 15 is 0 Å². The highest BCUT2D eigenvalue weighted by atomic mass is 16.6. The van der Waals surface area contributed by atoms with E-state index in [-0.39, 0.29) is 23.9 Å². The maximum Gasteiger partial charge on any atom is 0.408 e. The number of carbonyl (C=O) groups excluding carboxylic acids is 2. The minimum absolute atomic E-state index is 0.0667. The molecule has 0 aliphatic carbocycles. The Labute approximate surface area is 164 Å². The van der Waals surface area contributed by atoms with Crippen molar-refractivity contribution in [2.24, 2.45) is 5.92 Å². The fraction of sp³-hybridized carbons (Fsp3) is 0.476. The van der Waals surface area contributed by atoms with Crippen LogP contribution < -0.4 is 16.2 Å². The van der Waals surface area contributed by atoms with E-state index in [9.17, 15) is 14.4 Å². The molecule has 0 bridgehead atoms. The summed E-state index contributed by atoms with van der Waals surface area (Å²) in [5.74, 6) is -0.519. The van der Waals surface area contributed by atoms with Gasteiger partial charge in [0.15, 0.2) is 0 Å². The number of nitrogens with one attached hydrogen (secondary N) is 3. The van der Waals surface area contributed by atoms with Gasteiger partial charge in [0.2, 0.25) is 5.91 Å². The predicted octanol–water partition coefficient (Wildman–Crippen LogP) is 3.00. The van der Waals surface area contributed by atoms with Crippen molar-refractivity contribution in [2.75, 3.05) is 0 Å². The number of carbonyl (C=O) groups is 2. The number of alkyl carbamates (subject to hydrolysis) is 1. The highest BCUT2D eigenvalue weighted by Gasteiger charge is 2.26. The molecule has 1 heterocycles. The number of amides is 2. The number of ether oxygens (including phenoxy) is 1. The molecule has 1 atom stereocenters. The van der Waals surface area contributed by atoms with Gasteiger partial charge in [0, 0.05) is 17.6 Å². The van der Waals surface area contributed by atoms with Crippen LogP contribution in [0.1, 0.15) is 45.7 Å². The monoisotopic (exact) mass is 387 g/mol. The van der Waals surface area contributed by atoms with Gasteiger partial charge in [-0.3, -0.25) is 9.59 Å². The summed E-state index contributed by atoms with van der Waals surface area (Å²) in [6.07, 6.45) is -0.652. The van der Waals surface area contributed by atoms with E-state index in [0.717, 1.165) is 16.5 Å². The lowest BCUT2D eigenvalue weighted by atomic mass is 10.0. The summed E-state index contributed by atoms with van der Waals surface area (Å²) in [6.45, 7) is 11.0. The van der Waals surface area contributed by atoms with Gasteiger partial charge in [0.05, 0.1) is 0 Å². The van der Waals surface area contributed by atoms with Crippen LogP contribution in [-0.4, -0.2) is 28.6 Å². The van der Waals surface area contributed by atoms with Crippen molar-refractivity contribution in [2.45, 2.75) is 59.7 Å². The number of pyridine rings is 1. The number of aromatic amines is 1. The van der Waals surface area contributed by atoms with E-state index in [1.54, 1.807) is 26.8 Å². The third kappa shape index (κ3) is 5.84. The van der Waals surface area contributed by atoms with E-state index in [4.69, 9.17) is 4.74 Å². The average Bonchev–Trinajstić information content (AvgIpc) is 2.56. The Morgan fingerprint density at radius 3 is 2.46 bits per heavy atom. The fourth-order valence-electron chi connectivity index (χ4n) is 2.76. The highest BCUT2D eigenvalue weighted by molar-refractivity contribution is 5.86. The third-order valence-electron chi connectivity index (χ3n) is 4.15. The molecule has 2 amide bonds. The summed E-state index contributed by atoms with van der Waals surface area (Å²) in [5.41, 5.74) is 1.37. The number of hydrogen-bond acceptors (Lipinski definition) is 4. The van der Waals surface area contributed by atoms with Crippen LogP contribution >= 0.6 is 0 Å². The van der Waals surface area contributed by atoms with Crippen LogP contribution in [-0.2, 0) is 16.1 Å². The van der Waals surface area contributed by atoms with Gasteiger partial charge in [-0.2, -0.15) is 0 Å². The molecular formula is C21H29N3O4. The smallest absolute Gasteiger partial charge is 0.408 e. The zero-order valence-electron chi connectivity index (χ0n) is 17.3. The van der Waals surface area contributed by atoms with Crippen LogP contribution in [0.15, 0.2) is 29.1 Å². The molecule has 0 fully saturated rings. The minimum atomic E-state index is -0.767.